The molecule has 11 heteroatoms. The first-order valence-corrected chi connectivity index (χ1v) is 8.90. The maximum absolute atomic E-state index is 13.0. The molecule has 0 bridgehead atoms. The van der Waals surface area contributed by atoms with Gasteiger partial charge in [-0.1, -0.05) is 0 Å². The number of alkyl halides is 3. The number of carbonyl (C=O) groups is 2. The number of carbonyl (C=O) groups excluding carboxylic acids is 2. The first kappa shape index (κ1) is 22.6. The van der Waals surface area contributed by atoms with Crippen LogP contribution in [0.4, 0.5) is 18.9 Å². The van der Waals surface area contributed by atoms with Crippen LogP contribution in [0, 0.1) is 0 Å². The zero-order valence-corrected chi connectivity index (χ0v) is 16.7. The van der Waals surface area contributed by atoms with Gasteiger partial charge in [0.2, 0.25) is 0 Å². The van der Waals surface area contributed by atoms with Crippen molar-refractivity contribution in [1.29, 1.82) is 0 Å². The number of amides is 1. The number of methoxy groups -OCH3 is 1. The molecule has 0 saturated heterocycles. The second-order valence-electron chi connectivity index (χ2n) is 5.57. The Morgan fingerprint density at radius 3 is 2.59 bits per heavy atom. The molecular formula is C18H16BrF3N2O5. The Bertz CT molecular complexity index is 877. The molecule has 0 atom stereocenters. The first-order valence-electron chi connectivity index (χ1n) is 8.11. The van der Waals surface area contributed by atoms with Crippen molar-refractivity contribution in [3.05, 3.63) is 52.3 Å². The molecule has 1 aromatic carbocycles. The molecule has 29 heavy (non-hydrogen) atoms. The van der Waals surface area contributed by atoms with E-state index in [0.717, 1.165) is 18.2 Å². The highest BCUT2D eigenvalue weighted by Gasteiger charge is 2.31. The van der Waals surface area contributed by atoms with Crippen LogP contribution in [0.15, 0.2) is 41.1 Å². The average Bonchev–Trinajstić information content (AvgIpc) is 2.66. The van der Waals surface area contributed by atoms with E-state index in [4.69, 9.17) is 14.2 Å². The number of pyridine rings is 1. The van der Waals surface area contributed by atoms with Crippen LogP contribution >= 0.6 is 15.9 Å². The van der Waals surface area contributed by atoms with Crippen LogP contribution in [0.5, 0.6) is 5.75 Å². The molecule has 1 amide bonds. The van der Waals surface area contributed by atoms with Crippen LogP contribution in [-0.2, 0) is 20.4 Å². The van der Waals surface area contributed by atoms with Gasteiger partial charge in [0, 0.05) is 24.0 Å². The third-order valence-electron chi connectivity index (χ3n) is 3.40. The average molecular weight is 477 g/mol. The molecule has 0 fully saturated rings. The van der Waals surface area contributed by atoms with Gasteiger partial charge in [0.05, 0.1) is 23.4 Å². The summed E-state index contributed by atoms with van der Waals surface area (Å²) in [4.78, 5) is 27.8. The molecule has 2 rings (SSSR count). The number of nitrogens with one attached hydrogen (secondary N) is 1. The Morgan fingerprint density at radius 2 is 1.93 bits per heavy atom. The number of nitrogens with zero attached hydrogens (tertiary/aromatic N) is 1. The Balaban J connectivity index is 2.07. The van der Waals surface area contributed by atoms with E-state index in [1.54, 1.807) is 0 Å². The standard InChI is InChI=1S/C18H16BrF3N2O5/c1-27-4-5-28-15-3-2-12(18(20,21)22)7-14(15)24-16(25)10-29-17(26)11-6-13(19)9-23-8-11/h2-3,6-9H,4-5,10H2,1H3,(H,24,25). The number of ether oxygens (including phenoxy) is 3. The lowest BCUT2D eigenvalue weighted by atomic mass is 10.1. The van der Waals surface area contributed by atoms with E-state index in [0.29, 0.717) is 4.47 Å². The van der Waals surface area contributed by atoms with E-state index in [-0.39, 0.29) is 30.2 Å². The molecule has 1 aromatic heterocycles. The lowest BCUT2D eigenvalue weighted by molar-refractivity contribution is -0.137. The van der Waals surface area contributed by atoms with Crippen molar-refractivity contribution in [2.24, 2.45) is 0 Å². The highest BCUT2D eigenvalue weighted by Crippen LogP contribution is 2.35. The minimum Gasteiger partial charge on any atom is -0.489 e. The number of hydrogen-bond acceptors (Lipinski definition) is 6. The largest absolute Gasteiger partial charge is 0.489 e. The molecule has 7 nitrogen and oxygen atoms in total. The number of hydrogen-bond donors (Lipinski definition) is 1. The molecule has 0 aliphatic heterocycles. The molecule has 1 heterocycles. The van der Waals surface area contributed by atoms with E-state index in [9.17, 15) is 22.8 Å². The Labute approximate surface area is 172 Å². The molecule has 0 saturated carbocycles. The fourth-order valence-corrected chi connectivity index (χ4v) is 2.45. The summed E-state index contributed by atoms with van der Waals surface area (Å²) in [7, 11) is 1.44. The zero-order valence-electron chi connectivity index (χ0n) is 15.1. The van der Waals surface area contributed by atoms with E-state index in [2.05, 4.69) is 26.2 Å². The van der Waals surface area contributed by atoms with Gasteiger partial charge in [0.25, 0.3) is 5.91 Å². The molecule has 0 spiro atoms. The summed E-state index contributed by atoms with van der Waals surface area (Å²) in [6, 6.07) is 4.10. The maximum Gasteiger partial charge on any atom is 0.416 e. The fourth-order valence-electron chi connectivity index (χ4n) is 2.09. The predicted molar refractivity (Wildman–Crippen MR) is 99.7 cm³/mol. The monoisotopic (exact) mass is 476 g/mol. The van der Waals surface area contributed by atoms with Gasteiger partial charge in [-0.3, -0.25) is 9.78 Å². The normalized spacial score (nSPS) is 11.1. The number of benzene rings is 1. The number of rotatable bonds is 8. The Morgan fingerprint density at radius 1 is 1.17 bits per heavy atom. The molecule has 156 valence electrons. The van der Waals surface area contributed by atoms with Crippen LogP contribution < -0.4 is 10.1 Å². The van der Waals surface area contributed by atoms with Crippen molar-refractivity contribution < 1.29 is 37.0 Å². The summed E-state index contributed by atoms with van der Waals surface area (Å²) in [5, 5.41) is 2.26. The smallest absolute Gasteiger partial charge is 0.416 e. The lowest BCUT2D eigenvalue weighted by Gasteiger charge is -2.15. The summed E-state index contributed by atoms with van der Waals surface area (Å²) in [6.07, 6.45) is -1.90. The SMILES string of the molecule is COCCOc1ccc(C(F)(F)F)cc1NC(=O)COC(=O)c1cncc(Br)c1. The third kappa shape index (κ3) is 7.02. The molecule has 0 aliphatic carbocycles. The van der Waals surface area contributed by atoms with Gasteiger partial charge < -0.3 is 19.5 Å². The van der Waals surface area contributed by atoms with Crippen LogP contribution in [0.25, 0.3) is 0 Å². The van der Waals surface area contributed by atoms with E-state index >= 15 is 0 Å². The second-order valence-corrected chi connectivity index (χ2v) is 6.48. The number of aromatic nitrogens is 1. The topological polar surface area (TPSA) is 86.8 Å². The van der Waals surface area contributed by atoms with Crippen LogP contribution in [-0.4, -0.2) is 43.8 Å². The van der Waals surface area contributed by atoms with Crippen LogP contribution in [0.2, 0.25) is 0 Å². The summed E-state index contributed by atoms with van der Waals surface area (Å²) in [6.45, 7) is -0.443. The molecule has 0 aliphatic rings. The number of anilines is 1. The highest BCUT2D eigenvalue weighted by molar-refractivity contribution is 9.10. The highest BCUT2D eigenvalue weighted by atomic mass is 79.9. The fraction of sp³-hybridized carbons (Fsp3) is 0.278. The number of esters is 1. The van der Waals surface area contributed by atoms with Crippen molar-refractivity contribution >= 4 is 33.5 Å². The van der Waals surface area contributed by atoms with Gasteiger partial charge in [0.15, 0.2) is 6.61 Å². The Hall–Kier alpha value is -2.66. The quantitative estimate of drug-likeness (QED) is 0.461. The van der Waals surface area contributed by atoms with Gasteiger partial charge in [0.1, 0.15) is 12.4 Å². The van der Waals surface area contributed by atoms with E-state index in [1.165, 1.54) is 25.6 Å². The summed E-state index contributed by atoms with van der Waals surface area (Å²) >= 11 is 3.15. The zero-order chi connectivity index (χ0) is 21.4. The molecular weight excluding hydrogens is 461 g/mol. The molecule has 0 unspecified atom stereocenters. The maximum atomic E-state index is 13.0. The molecule has 2 aromatic rings. The number of halogens is 4. The molecule has 0 radical (unpaired) electrons. The predicted octanol–water partition coefficient (Wildman–Crippen LogP) is 3.68. The lowest BCUT2D eigenvalue weighted by Crippen LogP contribution is -2.22. The minimum atomic E-state index is -4.61. The summed E-state index contributed by atoms with van der Waals surface area (Å²) in [5.41, 5.74) is -1.07. The third-order valence-corrected chi connectivity index (χ3v) is 3.83. The summed E-state index contributed by atoms with van der Waals surface area (Å²) in [5.74, 6) is -1.63. The summed E-state index contributed by atoms with van der Waals surface area (Å²) < 4.78 is 54.4. The van der Waals surface area contributed by atoms with Crippen molar-refractivity contribution in [3.8, 4) is 5.75 Å². The first-order chi connectivity index (χ1) is 13.7. The van der Waals surface area contributed by atoms with Crippen molar-refractivity contribution in [1.82, 2.24) is 4.98 Å². The Kier molecular flexibility index (Phi) is 7.97. The van der Waals surface area contributed by atoms with E-state index in [1.807, 2.05) is 0 Å². The van der Waals surface area contributed by atoms with Gasteiger partial charge in [-0.05, 0) is 40.2 Å². The van der Waals surface area contributed by atoms with Gasteiger partial charge in [-0.15, -0.1) is 0 Å². The van der Waals surface area contributed by atoms with Crippen molar-refractivity contribution in [2.75, 3.05) is 32.2 Å². The molecule has 1 N–H and O–H groups in total. The van der Waals surface area contributed by atoms with E-state index < -0.39 is 30.2 Å². The van der Waals surface area contributed by atoms with Gasteiger partial charge in [-0.2, -0.15) is 13.2 Å². The van der Waals surface area contributed by atoms with Crippen molar-refractivity contribution in [3.63, 3.8) is 0 Å². The van der Waals surface area contributed by atoms with Crippen LogP contribution in [0.1, 0.15) is 15.9 Å². The second kappa shape index (κ2) is 10.2. The van der Waals surface area contributed by atoms with Crippen molar-refractivity contribution in [2.45, 2.75) is 6.18 Å². The minimum absolute atomic E-state index is 0.0194. The van der Waals surface area contributed by atoms with Crippen LogP contribution in [0.3, 0.4) is 0 Å². The van der Waals surface area contributed by atoms with Gasteiger partial charge in [-0.25, -0.2) is 4.79 Å². The van der Waals surface area contributed by atoms with Gasteiger partial charge >= 0.3 is 12.1 Å².